The third kappa shape index (κ3) is 2.51. The topological polar surface area (TPSA) is 20.3 Å². The van der Waals surface area contributed by atoms with Crippen LogP contribution in [0.15, 0.2) is 25.8 Å². The average molecular weight is 435 g/mol. The Labute approximate surface area is 143 Å². The Morgan fingerprint density at radius 2 is 2.30 bits per heavy atom. The highest BCUT2D eigenvalue weighted by Gasteiger charge is 2.31. The van der Waals surface area contributed by atoms with Crippen LogP contribution in [0.3, 0.4) is 0 Å². The van der Waals surface area contributed by atoms with Crippen molar-refractivity contribution >= 4 is 60.4 Å². The van der Waals surface area contributed by atoms with Crippen LogP contribution < -0.4 is 0 Å². The Morgan fingerprint density at radius 1 is 1.50 bits per heavy atom. The van der Waals surface area contributed by atoms with Crippen LogP contribution in [-0.2, 0) is 6.42 Å². The van der Waals surface area contributed by atoms with Gasteiger partial charge in [0.1, 0.15) is 0 Å². The van der Waals surface area contributed by atoms with E-state index in [0.717, 1.165) is 32.5 Å². The summed E-state index contributed by atoms with van der Waals surface area (Å²) in [4.78, 5) is 17.0. The lowest BCUT2D eigenvalue weighted by atomic mass is 9.97. The number of thiophene rings is 2. The third-order valence-electron chi connectivity index (χ3n) is 3.60. The van der Waals surface area contributed by atoms with E-state index in [9.17, 15) is 4.79 Å². The van der Waals surface area contributed by atoms with Gasteiger partial charge in [0.2, 0.25) is 0 Å². The fraction of sp³-hybridized carbons (Fsp3) is 0.357. The van der Waals surface area contributed by atoms with Crippen LogP contribution in [0.4, 0.5) is 0 Å². The maximum absolute atomic E-state index is 12.8. The fourth-order valence-corrected chi connectivity index (χ4v) is 5.59. The molecule has 1 amide bonds. The molecule has 0 N–H and O–H groups in total. The van der Waals surface area contributed by atoms with E-state index in [2.05, 4.69) is 50.2 Å². The molecule has 0 radical (unpaired) electrons. The van der Waals surface area contributed by atoms with Crippen LogP contribution in [0, 0.1) is 0 Å². The summed E-state index contributed by atoms with van der Waals surface area (Å²) in [7, 11) is 0. The minimum absolute atomic E-state index is 0.144. The Bertz CT molecular complexity index is 630. The van der Waals surface area contributed by atoms with Crippen molar-refractivity contribution in [3.8, 4) is 0 Å². The lowest BCUT2D eigenvalue weighted by Gasteiger charge is -2.35. The van der Waals surface area contributed by atoms with Gasteiger partial charge in [0.05, 0.1) is 14.7 Å². The molecule has 2 aromatic rings. The van der Waals surface area contributed by atoms with Gasteiger partial charge >= 0.3 is 0 Å². The number of hydrogen-bond acceptors (Lipinski definition) is 3. The lowest BCUT2D eigenvalue weighted by molar-refractivity contribution is 0.0662. The molecule has 20 heavy (non-hydrogen) atoms. The molecule has 3 heterocycles. The predicted octanol–water partition coefficient (Wildman–Crippen LogP) is 5.48. The van der Waals surface area contributed by atoms with E-state index in [1.165, 1.54) is 21.8 Å². The average Bonchev–Trinajstić information content (AvgIpc) is 3.04. The summed E-state index contributed by atoms with van der Waals surface area (Å²) in [6.07, 6.45) is 1.94. The normalized spacial score (nSPS) is 18.1. The molecule has 0 spiro atoms. The van der Waals surface area contributed by atoms with Gasteiger partial charge in [-0.05, 0) is 67.8 Å². The van der Waals surface area contributed by atoms with Gasteiger partial charge in [-0.2, -0.15) is 0 Å². The first-order valence-electron chi connectivity index (χ1n) is 6.44. The summed E-state index contributed by atoms with van der Waals surface area (Å²) in [5.41, 5.74) is 1.34. The summed E-state index contributed by atoms with van der Waals surface area (Å²) in [5, 5.41) is 2.14. The van der Waals surface area contributed by atoms with Crippen molar-refractivity contribution in [2.45, 2.75) is 25.8 Å². The summed E-state index contributed by atoms with van der Waals surface area (Å²) in [6.45, 7) is 2.97. The zero-order valence-electron chi connectivity index (χ0n) is 10.9. The zero-order chi connectivity index (χ0) is 14.3. The van der Waals surface area contributed by atoms with Crippen LogP contribution in [0.5, 0.6) is 0 Å². The molecule has 0 aliphatic carbocycles. The van der Waals surface area contributed by atoms with Gasteiger partial charge in [-0.15, -0.1) is 22.7 Å². The molecule has 2 nitrogen and oxygen atoms in total. The van der Waals surface area contributed by atoms with E-state index in [-0.39, 0.29) is 11.9 Å². The third-order valence-corrected chi connectivity index (χ3v) is 7.84. The van der Waals surface area contributed by atoms with Crippen molar-refractivity contribution in [2.75, 3.05) is 6.54 Å². The fourth-order valence-electron chi connectivity index (χ4n) is 2.67. The highest BCUT2D eigenvalue weighted by molar-refractivity contribution is 9.13. The summed E-state index contributed by atoms with van der Waals surface area (Å²) in [6, 6.07) is 4.30. The van der Waals surface area contributed by atoms with Gasteiger partial charge in [-0.3, -0.25) is 4.79 Å². The Morgan fingerprint density at radius 3 is 2.95 bits per heavy atom. The number of nitrogens with zero attached hydrogens (tertiary/aromatic N) is 1. The monoisotopic (exact) mass is 433 g/mol. The van der Waals surface area contributed by atoms with Crippen LogP contribution in [-0.4, -0.2) is 17.4 Å². The minimum Gasteiger partial charge on any atom is -0.331 e. The molecular formula is C14H13Br2NOS2. The second kappa shape index (κ2) is 5.91. The van der Waals surface area contributed by atoms with Crippen molar-refractivity contribution in [3.05, 3.63) is 41.1 Å². The second-order valence-electron chi connectivity index (χ2n) is 4.70. The SMILES string of the molecule is CCC1c2ccsc2CCN1C(=O)c1cc(Br)c(Br)s1. The number of carbonyl (C=O) groups excluding carboxylic acids is 1. The van der Waals surface area contributed by atoms with Gasteiger partial charge in [-0.25, -0.2) is 0 Å². The number of halogens is 2. The highest BCUT2D eigenvalue weighted by Crippen LogP contribution is 2.38. The van der Waals surface area contributed by atoms with E-state index in [0.29, 0.717) is 0 Å². The zero-order valence-corrected chi connectivity index (χ0v) is 15.7. The first kappa shape index (κ1) is 14.8. The smallest absolute Gasteiger partial charge is 0.264 e. The highest BCUT2D eigenvalue weighted by atomic mass is 79.9. The van der Waals surface area contributed by atoms with E-state index in [1.807, 2.05) is 22.3 Å². The molecule has 0 aromatic carbocycles. The van der Waals surface area contributed by atoms with Crippen LogP contribution >= 0.6 is 54.5 Å². The molecule has 1 aliphatic heterocycles. The molecule has 0 saturated carbocycles. The van der Waals surface area contributed by atoms with Gasteiger partial charge in [0.15, 0.2) is 0 Å². The van der Waals surface area contributed by atoms with Crippen molar-refractivity contribution in [3.63, 3.8) is 0 Å². The number of amides is 1. The van der Waals surface area contributed by atoms with Crippen molar-refractivity contribution in [1.29, 1.82) is 0 Å². The lowest BCUT2D eigenvalue weighted by Crippen LogP contribution is -2.38. The molecular weight excluding hydrogens is 422 g/mol. The number of rotatable bonds is 2. The van der Waals surface area contributed by atoms with Gasteiger partial charge in [0, 0.05) is 15.9 Å². The maximum atomic E-state index is 12.8. The summed E-state index contributed by atoms with van der Waals surface area (Å²) < 4.78 is 1.93. The standard InChI is InChI=1S/C14H13Br2NOS2/c1-2-10-8-4-6-19-11(8)3-5-17(10)14(18)12-7-9(15)13(16)20-12/h4,6-7,10H,2-3,5H2,1H3. The van der Waals surface area contributed by atoms with Crippen LogP contribution in [0.1, 0.15) is 39.5 Å². The molecule has 0 fully saturated rings. The molecule has 106 valence electrons. The van der Waals surface area contributed by atoms with Gasteiger partial charge < -0.3 is 4.90 Å². The van der Waals surface area contributed by atoms with Crippen molar-refractivity contribution in [2.24, 2.45) is 0 Å². The molecule has 1 unspecified atom stereocenters. The van der Waals surface area contributed by atoms with Crippen molar-refractivity contribution < 1.29 is 4.79 Å². The van der Waals surface area contributed by atoms with E-state index >= 15 is 0 Å². The number of hydrogen-bond donors (Lipinski definition) is 0. The molecule has 2 aromatic heterocycles. The largest absolute Gasteiger partial charge is 0.331 e. The first-order chi connectivity index (χ1) is 9.61. The summed E-state index contributed by atoms with van der Waals surface area (Å²) >= 11 is 10.2. The Balaban J connectivity index is 1.92. The molecule has 0 bridgehead atoms. The predicted molar refractivity (Wildman–Crippen MR) is 91.8 cm³/mol. The van der Waals surface area contributed by atoms with E-state index in [4.69, 9.17) is 0 Å². The first-order valence-corrected chi connectivity index (χ1v) is 9.72. The minimum atomic E-state index is 0.144. The molecule has 1 atom stereocenters. The quantitative estimate of drug-likeness (QED) is 0.612. The second-order valence-corrected chi connectivity index (χ2v) is 8.93. The molecule has 1 aliphatic rings. The van der Waals surface area contributed by atoms with Crippen molar-refractivity contribution in [1.82, 2.24) is 4.90 Å². The number of fused-ring (bicyclic) bond motifs is 1. The molecule has 6 heteroatoms. The van der Waals surface area contributed by atoms with Crippen LogP contribution in [0.25, 0.3) is 0 Å². The van der Waals surface area contributed by atoms with Gasteiger partial charge in [-0.1, -0.05) is 6.92 Å². The summed E-state index contributed by atoms with van der Waals surface area (Å²) in [5.74, 6) is 0.144. The van der Waals surface area contributed by atoms with Crippen LogP contribution in [0.2, 0.25) is 0 Å². The maximum Gasteiger partial charge on any atom is 0.264 e. The number of carbonyl (C=O) groups is 1. The Hall–Kier alpha value is -0.170. The molecule has 3 rings (SSSR count). The molecule has 0 saturated heterocycles. The van der Waals surface area contributed by atoms with E-state index < -0.39 is 0 Å². The van der Waals surface area contributed by atoms with E-state index in [1.54, 1.807) is 0 Å². The van der Waals surface area contributed by atoms with Gasteiger partial charge in [0.25, 0.3) is 5.91 Å². The Kier molecular flexibility index (Phi) is 4.36.